The van der Waals surface area contributed by atoms with Crippen LogP contribution in [0.3, 0.4) is 0 Å². The maximum Gasteiger partial charge on any atom is 0.225 e. The minimum absolute atomic E-state index is 0.0243. The number of hydrogen-bond acceptors (Lipinski definition) is 5. The molecule has 162 valence electrons. The maximum atomic E-state index is 12.1. The maximum absolute atomic E-state index is 12.1. The molecule has 31 heavy (non-hydrogen) atoms. The molecule has 4 heterocycles. The molecule has 0 radical (unpaired) electrons. The number of benzene rings is 1. The van der Waals surface area contributed by atoms with Crippen molar-refractivity contribution < 1.29 is 4.79 Å². The Kier molecular flexibility index (Phi) is 5.59. The van der Waals surface area contributed by atoms with Crippen LogP contribution in [0.2, 0.25) is 0 Å². The predicted molar refractivity (Wildman–Crippen MR) is 123 cm³/mol. The number of piperidine rings is 1. The minimum Gasteiger partial charge on any atom is -0.356 e. The first kappa shape index (κ1) is 20.0. The standard InChI is InChI=1S/C24H30N6O/c1-2-20(31)25-22-21-18-11-14-29(15-17-9-5-3-6-10-17)16-19(18)24(26-23(21)28-27-22)30-12-7-4-8-13-30/h3,5-6,9-10H,2,4,7-8,11-16H2,1H3,(H2,25,26,27,28,31). The van der Waals surface area contributed by atoms with E-state index in [1.807, 2.05) is 6.92 Å². The smallest absolute Gasteiger partial charge is 0.225 e. The van der Waals surface area contributed by atoms with E-state index in [1.165, 1.54) is 36.0 Å². The summed E-state index contributed by atoms with van der Waals surface area (Å²) in [6.45, 7) is 6.74. The van der Waals surface area contributed by atoms with E-state index in [0.29, 0.717) is 12.2 Å². The van der Waals surface area contributed by atoms with Crippen LogP contribution in [0.15, 0.2) is 30.3 Å². The summed E-state index contributed by atoms with van der Waals surface area (Å²) in [5.74, 6) is 1.69. The van der Waals surface area contributed by atoms with E-state index in [4.69, 9.17) is 4.98 Å². The Hall–Kier alpha value is -2.93. The van der Waals surface area contributed by atoms with Gasteiger partial charge in [0.2, 0.25) is 5.91 Å². The van der Waals surface area contributed by atoms with E-state index >= 15 is 0 Å². The average Bonchev–Trinajstić information content (AvgIpc) is 3.22. The monoisotopic (exact) mass is 418 g/mol. The number of aromatic amines is 1. The third-order valence-electron chi connectivity index (χ3n) is 6.44. The highest BCUT2D eigenvalue weighted by molar-refractivity contribution is 6.01. The summed E-state index contributed by atoms with van der Waals surface area (Å²) in [5.41, 5.74) is 4.70. The van der Waals surface area contributed by atoms with Crippen molar-refractivity contribution in [1.29, 1.82) is 0 Å². The van der Waals surface area contributed by atoms with Crippen LogP contribution in [-0.2, 0) is 24.3 Å². The van der Waals surface area contributed by atoms with Gasteiger partial charge in [-0.25, -0.2) is 4.98 Å². The van der Waals surface area contributed by atoms with Crippen molar-refractivity contribution in [2.24, 2.45) is 0 Å². The third-order valence-corrected chi connectivity index (χ3v) is 6.44. The van der Waals surface area contributed by atoms with Gasteiger partial charge in [-0.3, -0.25) is 14.8 Å². The number of rotatable bonds is 5. The molecule has 0 bridgehead atoms. The van der Waals surface area contributed by atoms with Crippen LogP contribution in [0, 0.1) is 0 Å². The van der Waals surface area contributed by atoms with Gasteiger partial charge in [-0.15, -0.1) is 0 Å². The van der Waals surface area contributed by atoms with Gasteiger partial charge in [0, 0.05) is 44.7 Å². The van der Waals surface area contributed by atoms with Gasteiger partial charge in [-0.05, 0) is 36.8 Å². The lowest BCUT2D eigenvalue weighted by Gasteiger charge is -2.35. The molecule has 1 amide bonds. The molecule has 7 heteroatoms. The SMILES string of the molecule is CCC(=O)Nc1n[nH]c2nc(N3CCCCC3)c3c(c12)CCN(Cc1ccccc1)C3. The highest BCUT2D eigenvalue weighted by atomic mass is 16.1. The first-order chi connectivity index (χ1) is 15.2. The Balaban J connectivity index is 1.55. The highest BCUT2D eigenvalue weighted by Gasteiger charge is 2.28. The quantitative estimate of drug-likeness (QED) is 0.658. The molecule has 2 aromatic heterocycles. The van der Waals surface area contributed by atoms with Crippen LogP contribution >= 0.6 is 0 Å². The van der Waals surface area contributed by atoms with Gasteiger partial charge in [0.1, 0.15) is 5.82 Å². The van der Waals surface area contributed by atoms with E-state index in [1.54, 1.807) is 0 Å². The number of anilines is 2. The first-order valence-corrected chi connectivity index (χ1v) is 11.4. The lowest BCUT2D eigenvalue weighted by atomic mass is 9.96. The molecule has 1 aromatic carbocycles. The molecule has 2 aliphatic heterocycles. The summed E-state index contributed by atoms with van der Waals surface area (Å²) >= 11 is 0. The Morgan fingerprint density at radius 1 is 1.10 bits per heavy atom. The molecule has 1 fully saturated rings. The number of fused-ring (bicyclic) bond motifs is 3. The lowest BCUT2D eigenvalue weighted by molar-refractivity contribution is -0.115. The van der Waals surface area contributed by atoms with E-state index < -0.39 is 0 Å². The van der Waals surface area contributed by atoms with Crippen molar-refractivity contribution in [2.45, 2.75) is 52.1 Å². The first-order valence-electron chi connectivity index (χ1n) is 11.4. The number of pyridine rings is 1. The molecule has 3 aromatic rings. The molecule has 2 N–H and O–H groups in total. The van der Waals surface area contributed by atoms with Crippen molar-refractivity contribution in [3.63, 3.8) is 0 Å². The summed E-state index contributed by atoms with van der Waals surface area (Å²) in [7, 11) is 0. The van der Waals surface area contributed by atoms with Crippen molar-refractivity contribution in [2.75, 3.05) is 29.9 Å². The van der Waals surface area contributed by atoms with Gasteiger partial charge in [-0.2, -0.15) is 5.10 Å². The predicted octanol–water partition coefficient (Wildman–Crippen LogP) is 3.86. The second kappa shape index (κ2) is 8.67. The molecule has 0 unspecified atom stereocenters. The fraction of sp³-hybridized carbons (Fsp3) is 0.458. The van der Waals surface area contributed by atoms with Gasteiger partial charge in [0.05, 0.1) is 5.39 Å². The summed E-state index contributed by atoms with van der Waals surface area (Å²) in [6.07, 6.45) is 5.07. The lowest BCUT2D eigenvalue weighted by Crippen LogP contribution is -2.35. The van der Waals surface area contributed by atoms with Crippen molar-refractivity contribution in [1.82, 2.24) is 20.1 Å². The fourth-order valence-electron chi connectivity index (χ4n) is 4.83. The fourth-order valence-corrected chi connectivity index (χ4v) is 4.83. The number of aromatic nitrogens is 3. The summed E-state index contributed by atoms with van der Waals surface area (Å²) < 4.78 is 0. The number of amides is 1. The van der Waals surface area contributed by atoms with E-state index in [9.17, 15) is 4.79 Å². The number of nitrogens with one attached hydrogen (secondary N) is 2. The second-order valence-electron chi connectivity index (χ2n) is 8.58. The topological polar surface area (TPSA) is 77.1 Å². The minimum atomic E-state index is -0.0243. The van der Waals surface area contributed by atoms with E-state index in [0.717, 1.165) is 56.0 Å². The summed E-state index contributed by atoms with van der Waals surface area (Å²) in [5, 5.41) is 11.4. The Bertz CT molecular complexity index is 1070. The van der Waals surface area contributed by atoms with Crippen LogP contribution in [0.5, 0.6) is 0 Å². The van der Waals surface area contributed by atoms with Gasteiger partial charge in [0.25, 0.3) is 0 Å². The van der Waals surface area contributed by atoms with Crippen LogP contribution in [0.4, 0.5) is 11.6 Å². The molecule has 2 aliphatic rings. The number of carbonyl (C=O) groups excluding carboxylic acids is 1. The van der Waals surface area contributed by atoms with Crippen LogP contribution < -0.4 is 10.2 Å². The molecule has 0 spiro atoms. The molecule has 0 saturated carbocycles. The molecular weight excluding hydrogens is 388 g/mol. The molecular formula is C24H30N6O. The van der Waals surface area contributed by atoms with Gasteiger partial charge in [-0.1, -0.05) is 37.3 Å². The molecule has 7 nitrogen and oxygen atoms in total. The van der Waals surface area contributed by atoms with Crippen LogP contribution in [-0.4, -0.2) is 45.6 Å². The summed E-state index contributed by atoms with van der Waals surface area (Å²) in [4.78, 5) is 22.0. The van der Waals surface area contributed by atoms with E-state index in [2.05, 4.69) is 55.6 Å². The molecule has 0 atom stereocenters. The Labute approximate surface area is 182 Å². The van der Waals surface area contributed by atoms with Gasteiger partial charge >= 0.3 is 0 Å². The van der Waals surface area contributed by atoms with Crippen molar-refractivity contribution in [3.05, 3.63) is 47.0 Å². The highest BCUT2D eigenvalue weighted by Crippen LogP contribution is 2.37. The average molecular weight is 419 g/mol. The zero-order valence-corrected chi connectivity index (χ0v) is 18.2. The van der Waals surface area contributed by atoms with Gasteiger partial charge < -0.3 is 10.2 Å². The number of hydrogen-bond donors (Lipinski definition) is 2. The number of carbonyl (C=O) groups is 1. The van der Waals surface area contributed by atoms with Crippen molar-refractivity contribution in [3.8, 4) is 0 Å². The van der Waals surface area contributed by atoms with Crippen LogP contribution in [0.1, 0.15) is 49.3 Å². The number of nitrogens with zero attached hydrogens (tertiary/aromatic N) is 4. The third kappa shape index (κ3) is 4.02. The van der Waals surface area contributed by atoms with Gasteiger partial charge in [0.15, 0.2) is 11.5 Å². The Morgan fingerprint density at radius 3 is 2.68 bits per heavy atom. The largest absolute Gasteiger partial charge is 0.356 e. The Morgan fingerprint density at radius 2 is 1.90 bits per heavy atom. The van der Waals surface area contributed by atoms with Crippen LogP contribution in [0.25, 0.3) is 11.0 Å². The normalized spacial score (nSPS) is 17.0. The van der Waals surface area contributed by atoms with Crippen molar-refractivity contribution >= 4 is 28.6 Å². The molecule has 5 rings (SSSR count). The zero-order chi connectivity index (χ0) is 21.2. The second-order valence-corrected chi connectivity index (χ2v) is 8.58. The summed E-state index contributed by atoms with van der Waals surface area (Å²) in [6, 6.07) is 10.7. The molecule has 1 saturated heterocycles. The number of H-pyrrole nitrogens is 1. The van der Waals surface area contributed by atoms with E-state index in [-0.39, 0.29) is 5.91 Å². The zero-order valence-electron chi connectivity index (χ0n) is 18.2. The molecule has 0 aliphatic carbocycles.